The summed E-state index contributed by atoms with van der Waals surface area (Å²) in [7, 11) is 0. The summed E-state index contributed by atoms with van der Waals surface area (Å²) in [6.45, 7) is 2.28. The van der Waals surface area contributed by atoms with Gasteiger partial charge in [0.15, 0.2) is 0 Å². The fraction of sp³-hybridized carbons (Fsp3) is 0.333. The van der Waals surface area contributed by atoms with Crippen molar-refractivity contribution in [2.45, 2.75) is 12.8 Å². The van der Waals surface area contributed by atoms with Crippen LogP contribution in [0.25, 0.3) is 0 Å². The highest BCUT2D eigenvalue weighted by atomic mass is 16.6. The Morgan fingerprint density at radius 1 is 0.958 bits per heavy atom. The number of hydrogen-bond donors (Lipinski definition) is 1. The normalized spacial score (nSPS) is 15.0. The molecule has 0 bridgehead atoms. The predicted molar refractivity (Wildman–Crippen MR) is 89.7 cm³/mol. The molecule has 1 aliphatic heterocycles. The summed E-state index contributed by atoms with van der Waals surface area (Å²) in [5, 5.41) is 0. The van der Waals surface area contributed by atoms with Gasteiger partial charge in [-0.25, -0.2) is 4.79 Å². The number of aromatic nitrogens is 1. The van der Waals surface area contributed by atoms with E-state index in [4.69, 9.17) is 4.74 Å². The van der Waals surface area contributed by atoms with Gasteiger partial charge in [-0.05, 0) is 30.7 Å². The Balaban J connectivity index is 1.52. The molecule has 1 aromatic heterocycles. The minimum atomic E-state index is -0.361. The number of para-hydroxylation sites is 1. The number of aromatic amines is 1. The van der Waals surface area contributed by atoms with Crippen LogP contribution in [0.3, 0.4) is 0 Å². The average Bonchev–Trinajstić information content (AvgIpc) is 2.96. The van der Waals surface area contributed by atoms with Gasteiger partial charge < -0.3 is 19.5 Å². The highest BCUT2D eigenvalue weighted by Gasteiger charge is 2.23. The molecule has 1 aliphatic rings. The summed E-state index contributed by atoms with van der Waals surface area (Å²) in [6, 6.07) is 12.8. The molecule has 0 saturated carbocycles. The maximum absolute atomic E-state index is 12.4. The molecule has 0 aliphatic carbocycles. The maximum atomic E-state index is 12.4. The summed E-state index contributed by atoms with van der Waals surface area (Å²) < 4.78 is 5.37. The number of nitrogens with zero attached hydrogens (tertiary/aromatic N) is 2. The molecule has 2 heterocycles. The van der Waals surface area contributed by atoms with E-state index in [-0.39, 0.29) is 12.0 Å². The fourth-order valence-electron chi connectivity index (χ4n) is 2.76. The van der Waals surface area contributed by atoms with E-state index < -0.39 is 0 Å². The minimum Gasteiger partial charge on any atom is -0.410 e. The molecule has 6 heteroatoms. The number of ether oxygens (including phenoxy) is 1. The standard InChI is InChI=1S/C18H21N3O3/c22-17(14-15-6-4-9-19-15)20-10-5-11-21(13-12-20)18(23)24-16-7-2-1-3-8-16/h1-4,6-9,19H,5,10-14H2. The number of hydrogen-bond acceptors (Lipinski definition) is 3. The number of nitrogens with one attached hydrogen (secondary N) is 1. The van der Waals surface area contributed by atoms with E-state index in [1.807, 2.05) is 41.4 Å². The van der Waals surface area contributed by atoms with Crippen molar-refractivity contribution >= 4 is 12.0 Å². The third-order valence-corrected chi connectivity index (χ3v) is 4.06. The Morgan fingerprint density at radius 3 is 2.46 bits per heavy atom. The van der Waals surface area contributed by atoms with Gasteiger partial charge in [0.2, 0.25) is 5.91 Å². The first-order chi connectivity index (χ1) is 11.7. The first kappa shape index (κ1) is 16.1. The number of H-pyrrole nitrogens is 1. The fourth-order valence-corrected chi connectivity index (χ4v) is 2.76. The van der Waals surface area contributed by atoms with E-state index in [9.17, 15) is 9.59 Å². The molecule has 0 spiro atoms. The number of carbonyl (C=O) groups is 2. The van der Waals surface area contributed by atoms with Crippen LogP contribution in [0.2, 0.25) is 0 Å². The van der Waals surface area contributed by atoms with Gasteiger partial charge in [-0.3, -0.25) is 4.79 Å². The Labute approximate surface area is 141 Å². The molecule has 3 rings (SSSR count). The zero-order valence-electron chi connectivity index (χ0n) is 13.5. The average molecular weight is 327 g/mol. The van der Waals surface area contributed by atoms with E-state index in [1.165, 1.54) is 0 Å². The van der Waals surface area contributed by atoms with E-state index in [2.05, 4.69) is 4.98 Å². The van der Waals surface area contributed by atoms with Gasteiger partial charge >= 0.3 is 6.09 Å². The van der Waals surface area contributed by atoms with Gasteiger partial charge in [0.25, 0.3) is 0 Å². The number of amides is 2. The lowest BCUT2D eigenvalue weighted by molar-refractivity contribution is -0.130. The van der Waals surface area contributed by atoms with Crippen molar-refractivity contribution in [2.75, 3.05) is 26.2 Å². The second kappa shape index (κ2) is 7.68. The van der Waals surface area contributed by atoms with E-state index >= 15 is 0 Å². The third-order valence-electron chi connectivity index (χ3n) is 4.06. The van der Waals surface area contributed by atoms with Crippen molar-refractivity contribution in [1.29, 1.82) is 0 Å². The van der Waals surface area contributed by atoms with Crippen LogP contribution in [-0.4, -0.2) is 53.0 Å². The first-order valence-corrected chi connectivity index (χ1v) is 8.14. The van der Waals surface area contributed by atoms with Crippen molar-refractivity contribution in [2.24, 2.45) is 0 Å². The summed E-state index contributed by atoms with van der Waals surface area (Å²) in [4.78, 5) is 31.1. The van der Waals surface area contributed by atoms with Gasteiger partial charge in [0.05, 0.1) is 6.42 Å². The lowest BCUT2D eigenvalue weighted by Gasteiger charge is -2.21. The van der Waals surface area contributed by atoms with Crippen LogP contribution in [0.15, 0.2) is 48.7 Å². The monoisotopic (exact) mass is 327 g/mol. The quantitative estimate of drug-likeness (QED) is 0.940. The zero-order valence-corrected chi connectivity index (χ0v) is 13.5. The van der Waals surface area contributed by atoms with Crippen LogP contribution in [0.5, 0.6) is 5.75 Å². The highest BCUT2D eigenvalue weighted by molar-refractivity contribution is 5.78. The lowest BCUT2D eigenvalue weighted by atomic mass is 10.2. The molecular formula is C18H21N3O3. The topological polar surface area (TPSA) is 65.6 Å². The molecule has 2 aromatic rings. The van der Waals surface area contributed by atoms with Gasteiger partial charge in [-0.15, -0.1) is 0 Å². The molecule has 0 atom stereocenters. The molecule has 24 heavy (non-hydrogen) atoms. The lowest BCUT2D eigenvalue weighted by Crippen LogP contribution is -2.39. The first-order valence-electron chi connectivity index (χ1n) is 8.14. The van der Waals surface area contributed by atoms with Crippen LogP contribution < -0.4 is 4.74 Å². The maximum Gasteiger partial charge on any atom is 0.415 e. The van der Waals surface area contributed by atoms with Crippen molar-refractivity contribution in [1.82, 2.24) is 14.8 Å². The van der Waals surface area contributed by atoms with E-state index in [0.29, 0.717) is 38.3 Å². The highest BCUT2D eigenvalue weighted by Crippen LogP contribution is 2.12. The van der Waals surface area contributed by atoms with Crippen LogP contribution in [0.4, 0.5) is 4.79 Å². The van der Waals surface area contributed by atoms with E-state index in [0.717, 1.165) is 12.1 Å². The molecule has 1 N–H and O–H groups in total. The Bertz CT molecular complexity index is 670. The second-order valence-corrected chi connectivity index (χ2v) is 5.77. The van der Waals surface area contributed by atoms with Crippen molar-refractivity contribution in [3.05, 3.63) is 54.4 Å². The molecule has 0 unspecified atom stereocenters. The second-order valence-electron chi connectivity index (χ2n) is 5.77. The van der Waals surface area contributed by atoms with Gasteiger partial charge in [0.1, 0.15) is 5.75 Å². The predicted octanol–water partition coefficient (Wildman–Crippen LogP) is 2.29. The molecule has 2 amide bonds. The van der Waals surface area contributed by atoms with Crippen LogP contribution in [-0.2, 0) is 11.2 Å². The molecule has 0 radical (unpaired) electrons. The summed E-state index contributed by atoms with van der Waals surface area (Å²) >= 11 is 0. The largest absolute Gasteiger partial charge is 0.415 e. The van der Waals surface area contributed by atoms with Crippen molar-refractivity contribution < 1.29 is 14.3 Å². The van der Waals surface area contributed by atoms with Crippen LogP contribution >= 0.6 is 0 Å². The van der Waals surface area contributed by atoms with Gasteiger partial charge in [0, 0.05) is 38.1 Å². The van der Waals surface area contributed by atoms with Gasteiger partial charge in [-0.2, -0.15) is 0 Å². The van der Waals surface area contributed by atoms with Crippen molar-refractivity contribution in [3.8, 4) is 5.75 Å². The molecule has 1 fully saturated rings. The van der Waals surface area contributed by atoms with Crippen LogP contribution in [0.1, 0.15) is 12.1 Å². The van der Waals surface area contributed by atoms with Crippen LogP contribution in [0, 0.1) is 0 Å². The Morgan fingerprint density at radius 2 is 1.71 bits per heavy atom. The smallest absolute Gasteiger partial charge is 0.410 e. The molecule has 1 aromatic carbocycles. The molecular weight excluding hydrogens is 306 g/mol. The SMILES string of the molecule is O=C(Cc1ccc[nH]1)N1CCCN(C(=O)Oc2ccccc2)CC1. The number of benzene rings is 1. The van der Waals surface area contributed by atoms with E-state index in [1.54, 1.807) is 17.0 Å². The van der Waals surface area contributed by atoms with Gasteiger partial charge in [-0.1, -0.05) is 18.2 Å². The third kappa shape index (κ3) is 4.16. The summed E-state index contributed by atoms with van der Waals surface area (Å²) in [5.41, 5.74) is 0.907. The van der Waals surface area contributed by atoms with Crippen molar-refractivity contribution in [3.63, 3.8) is 0 Å². The molecule has 6 nitrogen and oxygen atoms in total. The summed E-state index contributed by atoms with van der Waals surface area (Å²) in [6.07, 6.45) is 2.56. The Hall–Kier alpha value is -2.76. The zero-order chi connectivity index (χ0) is 16.8. The molecule has 1 saturated heterocycles. The molecule has 126 valence electrons. The number of rotatable bonds is 3. The summed E-state index contributed by atoms with van der Waals surface area (Å²) in [5.74, 6) is 0.613. The Kier molecular flexibility index (Phi) is 5.15. The number of carbonyl (C=O) groups excluding carboxylic acids is 2. The minimum absolute atomic E-state index is 0.0794.